The zero-order chi connectivity index (χ0) is 14.4. The predicted octanol–water partition coefficient (Wildman–Crippen LogP) is 2.55. The van der Waals surface area contributed by atoms with Gasteiger partial charge in [-0.3, -0.25) is 4.90 Å². The fourth-order valence-electron chi connectivity index (χ4n) is 4.96. The molecule has 2 saturated heterocycles. The first-order valence-corrected chi connectivity index (χ1v) is 8.52. The van der Waals surface area contributed by atoms with Gasteiger partial charge in [0, 0.05) is 31.2 Å². The smallest absolute Gasteiger partial charge is 0.0369 e. The number of fused-ring (bicyclic) bond motifs is 2. The molecule has 4 unspecified atom stereocenters. The van der Waals surface area contributed by atoms with E-state index in [-0.39, 0.29) is 6.04 Å². The summed E-state index contributed by atoms with van der Waals surface area (Å²) in [5.74, 6) is 0.862. The predicted molar refractivity (Wildman–Crippen MR) is 86.1 cm³/mol. The minimum Gasteiger partial charge on any atom is -0.324 e. The van der Waals surface area contributed by atoms with Gasteiger partial charge in [-0.15, -0.1) is 0 Å². The summed E-state index contributed by atoms with van der Waals surface area (Å²) in [5, 5.41) is 0. The number of likely N-dealkylation sites (tertiary alicyclic amines) is 2. The topological polar surface area (TPSA) is 32.5 Å². The van der Waals surface area contributed by atoms with Crippen LogP contribution in [0.3, 0.4) is 0 Å². The Morgan fingerprint density at radius 2 is 1.90 bits per heavy atom. The van der Waals surface area contributed by atoms with Crippen LogP contribution in [0.15, 0.2) is 24.3 Å². The van der Waals surface area contributed by atoms with Crippen molar-refractivity contribution in [3.8, 4) is 0 Å². The van der Waals surface area contributed by atoms with Crippen molar-refractivity contribution in [1.82, 2.24) is 9.80 Å². The van der Waals surface area contributed by atoms with Crippen molar-refractivity contribution >= 4 is 0 Å². The third kappa shape index (κ3) is 2.32. The summed E-state index contributed by atoms with van der Waals surface area (Å²) in [6, 6.07) is 10.4. The lowest BCUT2D eigenvalue weighted by Gasteiger charge is -2.47. The van der Waals surface area contributed by atoms with E-state index in [0.29, 0.717) is 6.04 Å². The van der Waals surface area contributed by atoms with Crippen molar-refractivity contribution in [2.24, 2.45) is 11.7 Å². The lowest BCUT2D eigenvalue weighted by Crippen LogP contribution is -2.53. The average molecular weight is 285 g/mol. The fourth-order valence-corrected chi connectivity index (χ4v) is 4.96. The molecule has 0 bridgehead atoms. The monoisotopic (exact) mass is 285 g/mol. The molecule has 4 atom stereocenters. The lowest BCUT2D eigenvalue weighted by molar-refractivity contribution is 0.0190. The third-order valence-corrected chi connectivity index (χ3v) is 6.05. The Morgan fingerprint density at radius 1 is 1.10 bits per heavy atom. The van der Waals surface area contributed by atoms with E-state index in [1.807, 2.05) is 0 Å². The second kappa shape index (κ2) is 5.38. The number of piperidine rings is 2. The van der Waals surface area contributed by atoms with Crippen LogP contribution in [0.25, 0.3) is 0 Å². The Labute approximate surface area is 128 Å². The minimum atomic E-state index is 0.234. The van der Waals surface area contributed by atoms with Gasteiger partial charge < -0.3 is 10.6 Å². The van der Waals surface area contributed by atoms with Gasteiger partial charge in [0.1, 0.15) is 0 Å². The molecule has 1 aromatic carbocycles. The molecular weight excluding hydrogens is 258 g/mol. The van der Waals surface area contributed by atoms with Crippen LogP contribution < -0.4 is 5.73 Å². The number of rotatable bonds is 1. The Hall–Kier alpha value is -0.900. The molecule has 21 heavy (non-hydrogen) atoms. The normalized spacial score (nSPS) is 37.2. The molecule has 0 spiro atoms. The fraction of sp³-hybridized carbons (Fsp3) is 0.667. The van der Waals surface area contributed by atoms with E-state index >= 15 is 0 Å². The quantitative estimate of drug-likeness (QED) is 0.860. The summed E-state index contributed by atoms with van der Waals surface area (Å²) in [6.45, 7) is 3.79. The number of hydrogen-bond donors (Lipinski definition) is 1. The zero-order valence-electron chi connectivity index (χ0n) is 13.0. The van der Waals surface area contributed by atoms with Gasteiger partial charge in [-0.25, -0.2) is 0 Å². The number of nitrogens with zero attached hydrogens (tertiary/aromatic N) is 2. The molecule has 1 aliphatic carbocycles. The van der Waals surface area contributed by atoms with Crippen LogP contribution in [0.2, 0.25) is 0 Å². The van der Waals surface area contributed by atoms with E-state index in [1.165, 1.54) is 50.0 Å². The Morgan fingerprint density at radius 3 is 2.76 bits per heavy atom. The molecule has 0 saturated carbocycles. The highest BCUT2D eigenvalue weighted by atomic mass is 15.2. The van der Waals surface area contributed by atoms with Crippen LogP contribution in [0.1, 0.15) is 48.9 Å². The summed E-state index contributed by atoms with van der Waals surface area (Å²) in [5.41, 5.74) is 9.24. The molecule has 2 aliphatic heterocycles. The molecule has 0 aromatic heterocycles. The summed E-state index contributed by atoms with van der Waals surface area (Å²) in [6.07, 6.45) is 5.21. The van der Waals surface area contributed by atoms with Gasteiger partial charge >= 0.3 is 0 Å². The van der Waals surface area contributed by atoms with Gasteiger partial charge in [0.2, 0.25) is 0 Å². The third-order valence-electron chi connectivity index (χ3n) is 6.05. The highest BCUT2D eigenvalue weighted by Crippen LogP contribution is 2.43. The first kappa shape index (κ1) is 13.7. The first-order chi connectivity index (χ1) is 10.2. The lowest BCUT2D eigenvalue weighted by atomic mass is 9.83. The van der Waals surface area contributed by atoms with E-state index < -0.39 is 0 Å². The molecule has 1 aromatic rings. The second-order valence-electron chi connectivity index (χ2n) is 7.22. The summed E-state index contributed by atoms with van der Waals surface area (Å²) >= 11 is 0. The molecule has 3 heteroatoms. The molecule has 0 radical (unpaired) electrons. The molecule has 2 N–H and O–H groups in total. The molecule has 2 heterocycles. The number of hydrogen-bond acceptors (Lipinski definition) is 3. The highest BCUT2D eigenvalue weighted by molar-refractivity contribution is 5.37. The minimum absolute atomic E-state index is 0.234. The summed E-state index contributed by atoms with van der Waals surface area (Å²) < 4.78 is 0. The Balaban J connectivity index is 1.54. The summed E-state index contributed by atoms with van der Waals surface area (Å²) in [7, 11) is 2.31. The first-order valence-electron chi connectivity index (χ1n) is 8.52. The maximum absolute atomic E-state index is 6.36. The van der Waals surface area contributed by atoms with Gasteiger partial charge in [-0.05, 0) is 56.3 Å². The van der Waals surface area contributed by atoms with Gasteiger partial charge in [0.25, 0.3) is 0 Å². The van der Waals surface area contributed by atoms with Crippen LogP contribution in [-0.4, -0.2) is 42.5 Å². The van der Waals surface area contributed by atoms with Crippen LogP contribution in [0.5, 0.6) is 0 Å². The largest absolute Gasteiger partial charge is 0.324 e. The molecular formula is C18H27N3. The molecule has 0 amide bonds. The maximum Gasteiger partial charge on any atom is 0.0369 e. The van der Waals surface area contributed by atoms with Gasteiger partial charge in [0.05, 0.1) is 0 Å². The van der Waals surface area contributed by atoms with Gasteiger partial charge in [-0.2, -0.15) is 0 Å². The van der Waals surface area contributed by atoms with Crippen molar-refractivity contribution in [2.45, 2.75) is 43.8 Å². The van der Waals surface area contributed by atoms with Crippen molar-refractivity contribution in [1.29, 1.82) is 0 Å². The van der Waals surface area contributed by atoms with Crippen molar-refractivity contribution in [3.63, 3.8) is 0 Å². The van der Waals surface area contributed by atoms with E-state index in [1.54, 1.807) is 0 Å². The van der Waals surface area contributed by atoms with Crippen LogP contribution in [0, 0.1) is 5.92 Å². The van der Waals surface area contributed by atoms with E-state index in [9.17, 15) is 0 Å². The SMILES string of the molecule is CN1CCCC2CN(C3CC(N)c4ccccc43)CCC21. The van der Waals surface area contributed by atoms with E-state index in [2.05, 4.69) is 41.1 Å². The molecule has 3 aliphatic rings. The molecule has 3 nitrogen and oxygen atoms in total. The standard InChI is InChI=1S/C18H27N3/c1-20-9-4-5-13-12-21(10-8-17(13)20)18-11-16(19)14-6-2-3-7-15(14)18/h2-3,6-7,13,16-18H,4-5,8-12,19H2,1H3. The Bertz CT molecular complexity index is 515. The van der Waals surface area contributed by atoms with E-state index in [4.69, 9.17) is 5.73 Å². The number of nitrogens with two attached hydrogens (primary N) is 1. The van der Waals surface area contributed by atoms with Gasteiger partial charge in [0.15, 0.2) is 0 Å². The number of benzene rings is 1. The molecule has 4 rings (SSSR count). The van der Waals surface area contributed by atoms with Crippen molar-refractivity contribution in [3.05, 3.63) is 35.4 Å². The van der Waals surface area contributed by atoms with Gasteiger partial charge in [-0.1, -0.05) is 24.3 Å². The zero-order valence-corrected chi connectivity index (χ0v) is 13.0. The second-order valence-corrected chi connectivity index (χ2v) is 7.22. The van der Waals surface area contributed by atoms with E-state index in [0.717, 1.165) is 18.4 Å². The Kier molecular flexibility index (Phi) is 3.52. The van der Waals surface area contributed by atoms with Crippen LogP contribution in [-0.2, 0) is 0 Å². The molecule has 114 valence electrons. The maximum atomic E-state index is 6.36. The van der Waals surface area contributed by atoms with Crippen LogP contribution in [0.4, 0.5) is 0 Å². The molecule has 2 fully saturated rings. The van der Waals surface area contributed by atoms with Crippen molar-refractivity contribution in [2.75, 3.05) is 26.7 Å². The van der Waals surface area contributed by atoms with Crippen LogP contribution >= 0.6 is 0 Å². The summed E-state index contributed by atoms with van der Waals surface area (Å²) in [4.78, 5) is 5.33. The van der Waals surface area contributed by atoms with Crippen molar-refractivity contribution < 1.29 is 0 Å². The average Bonchev–Trinajstić information content (AvgIpc) is 2.85. The highest BCUT2D eigenvalue weighted by Gasteiger charge is 2.39.